The molecule has 3 heterocycles. The van der Waals surface area contributed by atoms with Gasteiger partial charge in [0.25, 0.3) is 6.43 Å². The number of halogens is 4. The molecule has 10 heteroatoms. The number of hydrogen-bond acceptors (Lipinski definition) is 6. The molecule has 0 aliphatic carbocycles. The highest BCUT2D eigenvalue weighted by atomic mass is 35.5. The molecule has 1 fully saturated rings. The Kier molecular flexibility index (Phi) is 6.19. The van der Waals surface area contributed by atoms with Gasteiger partial charge in [-0.05, 0) is 13.0 Å². The summed E-state index contributed by atoms with van der Waals surface area (Å²) in [6.07, 6.45) is -1.54. The Hall–Kier alpha value is -2.26. The summed E-state index contributed by atoms with van der Waals surface area (Å²) >= 11 is 8.28. The number of anilines is 2. The van der Waals surface area contributed by atoms with Crippen LogP contribution in [-0.2, 0) is 0 Å². The predicted molar refractivity (Wildman–Crippen MR) is 115 cm³/mol. The molecule has 0 bridgehead atoms. The second-order valence-electron chi connectivity index (χ2n) is 6.91. The number of thioether (sulfide) groups is 1. The third-order valence-corrected chi connectivity index (χ3v) is 6.25. The van der Waals surface area contributed by atoms with Gasteiger partial charge >= 0.3 is 0 Å². The summed E-state index contributed by atoms with van der Waals surface area (Å²) in [6, 6.07) is 5.26. The van der Waals surface area contributed by atoms with Crippen molar-refractivity contribution < 1.29 is 13.2 Å². The first-order valence-electron chi connectivity index (χ1n) is 9.42. The van der Waals surface area contributed by atoms with Crippen LogP contribution in [0.15, 0.2) is 30.6 Å². The average Bonchev–Trinajstić information content (AvgIpc) is 2.74. The SMILES string of the molecule is C[C@@H](Nc1ncnc2nc(Cl)c(N3CCSCC3)cc12)c1cccc(C(F)F)c1F. The van der Waals surface area contributed by atoms with Crippen LogP contribution in [0.2, 0.25) is 5.15 Å². The Morgan fingerprint density at radius 1 is 1.17 bits per heavy atom. The highest BCUT2D eigenvalue weighted by Gasteiger charge is 2.21. The fraction of sp³-hybridized carbons (Fsp3) is 0.350. The van der Waals surface area contributed by atoms with Crippen molar-refractivity contribution in [2.75, 3.05) is 34.8 Å². The molecule has 0 spiro atoms. The van der Waals surface area contributed by atoms with Gasteiger partial charge in [0.05, 0.1) is 22.7 Å². The highest BCUT2D eigenvalue weighted by molar-refractivity contribution is 7.99. The molecule has 1 aliphatic heterocycles. The van der Waals surface area contributed by atoms with Crippen LogP contribution in [0.1, 0.15) is 30.5 Å². The van der Waals surface area contributed by atoms with E-state index in [0.29, 0.717) is 22.0 Å². The molecule has 0 radical (unpaired) electrons. The van der Waals surface area contributed by atoms with Crippen LogP contribution in [-0.4, -0.2) is 39.5 Å². The van der Waals surface area contributed by atoms with Crippen molar-refractivity contribution >= 4 is 45.9 Å². The third kappa shape index (κ3) is 4.13. The standard InChI is InChI=1S/C20H19ClF3N5S/c1-11(12-3-2-4-13(16(12)22)18(23)24)27-19-14-9-15(29-5-7-30-8-6-29)17(21)28-20(14)26-10-25-19/h2-4,9-11,18H,5-8H2,1H3,(H,25,26,27,28)/t11-/m1/s1. The van der Waals surface area contributed by atoms with Crippen molar-refractivity contribution in [2.45, 2.75) is 19.4 Å². The first kappa shape index (κ1) is 21.0. The van der Waals surface area contributed by atoms with Crippen molar-refractivity contribution in [3.8, 4) is 0 Å². The van der Waals surface area contributed by atoms with E-state index in [1.807, 2.05) is 17.8 Å². The molecule has 1 aromatic carbocycles. The summed E-state index contributed by atoms with van der Waals surface area (Å²) in [5, 5.41) is 4.11. The van der Waals surface area contributed by atoms with Gasteiger partial charge in [-0.25, -0.2) is 28.1 Å². The van der Waals surface area contributed by atoms with E-state index in [4.69, 9.17) is 11.6 Å². The lowest BCUT2D eigenvalue weighted by molar-refractivity contribution is 0.146. The van der Waals surface area contributed by atoms with Gasteiger partial charge in [0, 0.05) is 30.2 Å². The number of pyridine rings is 1. The molecular weight excluding hydrogens is 435 g/mol. The number of fused-ring (bicyclic) bond motifs is 1. The van der Waals surface area contributed by atoms with Crippen LogP contribution in [0.3, 0.4) is 0 Å². The van der Waals surface area contributed by atoms with Crippen molar-refractivity contribution in [1.29, 1.82) is 0 Å². The number of alkyl halides is 2. The van der Waals surface area contributed by atoms with Crippen LogP contribution in [0.5, 0.6) is 0 Å². The van der Waals surface area contributed by atoms with Gasteiger partial charge in [0.2, 0.25) is 0 Å². The fourth-order valence-corrected chi connectivity index (χ4v) is 4.61. The lowest BCUT2D eigenvalue weighted by Gasteiger charge is -2.29. The quantitative estimate of drug-likeness (QED) is 0.516. The van der Waals surface area contributed by atoms with E-state index in [1.54, 1.807) is 6.92 Å². The van der Waals surface area contributed by atoms with E-state index in [2.05, 4.69) is 25.2 Å². The summed E-state index contributed by atoms with van der Waals surface area (Å²) in [7, 11) is 0. The molecule has 158 valence electrons. The smallest absolute Gasteiger partial charge is 0.266 e. The topological polar surface area (TPSA) is 53.9 Å². The Labute approximate surface area is 181 Å². The maximum atomic E-state index is 14.6. The molecule has 0 saturated carbocycles. The molecule has 1 atom stereocenters. The molecule has 1 aliphatic rings. The first-order valence-corrected chi connectivity index (χ1v) is 11.0. The van der Waals surface area contributed by atoms with E-state index >= 15 is 0 Å². The summed E-state index contributed by atoms with van der Waals surface area (Å²) in [5.74, 6) is 1.52. The molecule has 2 aromatic heterocycles. The Balaban J connectivity index is 1.70. The molecule has 0 unspecified atom stereocenters. The van der Waals surface area contributed by atoms with Crippen LogP contribution in [0, 0.1) is 5.82 Å². The van der Waals surface area contributed by atoms with Gasteiger partial charge in [-0.3, -0.25) is 0 Å². The van der Waals surface area contributed by atoms with Gasteiger partial charge in [-0.1, -0.05) is 29.8 Å². The number of benzene rings is 1. The van der Waals surface area contributed by atoms with Gasteiger partial charge in [-0.2, -0.15) is 11.8 Å². The molecule has 1 saturated heterocycles. The van der Waals surface area contributed by atoms with Crippen molar-refractivity contribution in [2.24, 2.45) is 0 Å². The number of nitrogens with zero attached hydrogens (tertiary/aromatic N) is 4. The lowest BCUT2D eigenvalue weighted by Crippen LogP contribution is -2.32. The zero-order valence-electron chi connectivity index (χ0n) is 16.1. The normalized spacial score (nSPS) is 15.6. The van der Waals surface area contributed by atoms with E-state index < -0.39 is 23.8 Å². The van der Waals surface area contributed by atoms with Gasteiger partial charge in [-0.15, -0.1) is 0 Å². The van der Waals surface area contributed by atoms with E-state index in [9.17, 15) is 13.2 Å². The second-order valence-corrected chi connectivity index (χ2v) is 8.49. The van der Waals surface area contributed by atoms with E-state index in [-0.39, 0.29) is 5.56 Å². The number of nitrogens with one attached hydrogen (secondary N) is 1. The summed E-state index contributed by atoms with van der Waals surface area (Å²) in [5.41, 5.74) is 0.713. The molecule has 3 aromatic rings. The fourth-order valence-electron chi connectivity index (χ4n) is 3.45. The van der Waals surface area contributed by atoms with Crippen LogP contribution in [0.4, 0.5) is 24.7 Å². The van der Waals surface area contributed by atoms with Gasteiger partial charge in [0.1, 0.15) is 18.0 Å². The maximum absolute atomic E-state index is 14.6. The molecule has 4 rings (SSSR count). The van der Waals surface area contributed by atoms with Crippen molar-refractivity contribution in [1.82, 2.24) is 15.0 Å². The van der Waals surface area contributed by atoms with Crippen LogP contribution < -0.4 is 10.2 Å². The summed E-state index contributed by atoms with van der Waals surface area (Å²) < 4.78 is 40.7. The highest BCUT2D eigenvalue weighted by Crippen LogP contribution is 2.33. The van der Waals surface area contributed by atoms with Crippen LogP contribution >= 0.6 is 23.4 Å². The third-order valence-electron chi connectivity index (χ3n) is 5.02. The Morgan fingerprint density at radius 2 is 1.90 bits per heavy atom. The summed E-state index contributed by atoms with van der Waals surface area (Å²) in [4.78, 5) is 15.0. The minimum atomic E-state index is -2.88. The van der Waals surface area contributed by atoms with E-state index in [0.717, 1.165) is 36.3 Å². The number of aromatic nitrogens is 3. The minimum absolute atomic E-state index is 0.134. The zero-order valence-corrected chi connectivity index (χ0v) is 17.7. The van der Waals surface area contributed by atoms with Crippen molar-refractivity contribution in [3.05, 3.63) is 52.7 Å². The first-order chi connectivity index (χ1) is 14.5. The molecular formula is C20H19ClF3N5S. The molecule has 30 heavy (non-hydrogen) atoms. The molecule has 1 N–H and O–H groups in total. The predicted octanol–water partition coefficient (Wildman–Crippen LogP) is 5.48. The summed E-state index contributed by atoms with van der Waals surface area (Å²) in [6.45, 7) is 3.40. The zero-order chi connectivity index (χ0) is 21.3. The lowest BCUT2D eigenvalue weighted by atomic mass is 10.0. The molecule has 5 nitrogen and oxygen atoms in total. The molecule has 0 amide bonds. The monoisotopic (exact) mass is 453 g/mol. The average molecular weight is 454 g/mol. The Morgan fingerprint density at radius 3 is 2.63 bits per heavy atom. The second kappa shape index (κ2) is 8.85. The van der Waals surface area contributed by atoms with Gasteiger partial charge in [0.15, 0.2) is 10.8 Å². The number of hydrogen-bond donors (Lipinski definition) is 1. The van der Waals surface area contributed by atoms with Gasteiger partial charge < -0.3 is 10.2 Å². The largest absolute Gasteiger partial charge is 0.367 e. The van der Waals surface area contributed by atoms with Crippen molar-refractivity contribution in [3.63, 3.8) is 0 Å². The Bertz CT molecular complexity index is 1060. The maximum Gasteiger partial charge on any atom is 0.266 e. The number of rotatable bonds is 5. The van der Waals surface area contributed by atoms with Crippen LogP contribution in [0.25, 0.3) is 11.0 Å². The minimum Gasteiger partial charge on any atom is -0.367 e. The van der Waals surface area contributed by atoms with E-state index in [1.165, 1.54) is 18.5 Å².